The summed E-state index contributed by atoms with van der Waals surface area (Å²) >= 11 is 6.57. The minimum atomic E-state index is -4.45. The van der Waals surface area contributed by atoms with Crippen molar-refractivity contribution in [1.29, 1.82) is 0 Å². The van der Waals surface area contributed by atoms with Crippen LogP contribution in [0.3, 0.4) is 0 Å². The lowest BCUT2D eigenvalue weighted by Crippen LogP contribution is -2.23. The Morgan fingerprint density at radius 3 is 0.975 bits per heavy atom. The van der Waals surface area contributed by atoms with Crippen molar-refractivity contribution in [1.82, 2.24) is 0 Å². The highest BCUT2D eigenvalue weighted by Gasteiger charge is 2.54. The van der Waals surface area contributed by atoms with Crippen LogP contribution in [0.1, 0.15) is 49.9 Å². The molecule has 14 heteroatoms. The molecule has 228 valence electrons. The van der Waals surface area contributed by atoms with Gasteiger partial charge in [-0.15, -0.1) is 0 Å². The number of hydrogen-bond acceptors (Lipinski definition) is 6. The zero-order chi connectivity index (χ0) is 30.5. The molecule has 0 bridgehead atoms. The van der Waals surface area contributed by atoms with Crippen LogP contribution in [0.15, 0.2) is 48.5 Å². The highest BCUT2D eigenvalue weighted by molar-refractivity contribution is 9.08. The largest absolute Gasteiger partial charge is 0.399 e. The molecule has 0 fully saturated rings. The van der Waals surface area contributed by atoms with Gasteiger partial charge in [0.1, 0.15) is 0 Å². The predicted octanol–water partition coefficient (Wildman–Crippen LogP) is 9.97. The molecule has 6 nitrogen and oxygen atoms in total. The maximum Gasteiger partial charge on any atom is 0.399 e. The third-order valence-electron chi connectivity index (χ3n) is 5.19. The quantitative estimate of drug-likeness (QED) is 0.0970. The zero-order valence-corrected chi connectivity index (χ0v) is 27.8. The SMILES string of the molecule is CCOP(=O)(OCC)C(F)(F)Cc1ccc(CBr)cc1.CCOP(=O)(OCC)C(F)(F)Cc1ccc(CBr)cc1. The van der Waals surface area contributed by atoms with E-state index in [9.17, 15) is 26.7 Å². The zero-order valence-electron chi connectivity index (χ0n) is 22.9. The average Bonchev–Trinajstić information content (AvgIpc) is 2.90. The van der Waals surface area contributed by atoms with Gasteiger partial charge in [-0.25, -0.2) is 0 Å². The van der Waals surface area contributed by atoms with Crippen LogP contribution < -0.4 is 0 Å². The van der Waals surface area contributed by atoms with Gasteiger partial charge in [-0.05, 0) is 49.9 Å². The maximum absolute atomic E-state index is 14.2. The lowest BCUT2D eigenvalue weighted by molar-refractivity contribution is 0.0393. The van der Waals surface area contributed by atoms with Crippen LogP contribution in [0.2, 0.25) is 0 Å². The van der Waals surface area contributed by atoms with Gasteiger partial charge in [0.25, 0.3) is 0 Å². The Hall–Kier alpha value is -0.580. The summed E-state index contributed by atoms with van der Waals surface area (Å²) in [6.07, 6.45) is -1.35. The molecular formula is C26H36Br2F4O6P2. The van der Waals surface area contributed by atoms with Crippen LogP contribution in [-0.4, -0.2) is 37.8 Å². The minimum absolute atomic E-state index is 0.0879. The minimum Gasteiger partial charge on any atom is -0.305 e. The number of benzene rings is 2. The summed E-state index contributed by atoms with van der Waals surface area (Å²) in [7, 11) is -8.90. The van der Waals surface area contributed by atoms with E-state index < -0.39 is 39.4 Å². The molecule has 0 aliphatic rings. The summed E-state index contributed by atoms with van der Waals surface area (Å²) in [5.74, 6) is 0. The smallest absolute Gasteiger partial charge is 0.305 e. The third kappa shape index (κ3) is 10.9. The lowest BCUT2D eigenvalue weighted by Gasteiger charge is -2.25. The Morgan fingerprint density at radius 1 is 0.550 bits per heavy atom. The van der Waals surface area contributed by atoms with Crippen molar-refractivity contribution < 1.29 is 44.8 Å². The second-order valence-corrected chi connectivity index (χ2v) is 13.7. The first-order valence-corrected chi connectivity index (χ1v) is 17.9. The van der Waals surface area contributed by atoms with Crippen LogP contribution in [0.4, 0.5) is 17.6 Å². The van der Waals surface area contributed by atoms with Crippen LogP contribution in [-0.2, 0) is 50.7 Å². The van der Waals surface area contributed by atoms with Gasteiger partial charge in [0.15, 0.2) is 0 Å². The summed E-state index contributed by atoms with van der Waals surface area (Å²) < 4.78 is 100. The van der Waals surface area contributed by atoms with E-state index in [0.29, 0.717) is 21.8 Å². The first-order chi connectivity index (χ1) is 18.8. The molecule has 2 aromatic rings. The van der Waals surface area contributed by atoms with Gasteiger partial charge in [0, 0.05) is 23.5 Å². The van der Waals surface area contributed by atoms with Crippen molar-refractivity contribution in [2.45, 2.75) is 62.5 Å². The number of hydrogen-bond donors (Lipinski definition) is 0. The van der Waals surface area contributed by atoms with E-state index in [4.69, 9.17) is 18.1 Å². The highest BCUT2D eigenvalue weighted by Crippen LogP contribution is 2.63. The summed E-state index contributed by atoms with van der Waals surface area (Å²) in [6.45, 7) is 5.67. The molecule has 0 spiro atoms. The molecule has 2 aromatic carbocycles. The van der Waals surface area contributed by atoms with Crippen molar-refractivity contribution in [3.05, 3.63) is 70.8 Å². The first-order valence-electron chi connectivity index (χ1n) is 12.6. The topological polar surface area (TPSA) is 71.1 Å². The Balaban J connectivity index is 0.000000400. The van der Waals surface area contributed by atoms with E-state index in [1.165, 1.54) is 27.7 Å². The van der Waals surface area contributed by atoms with Gasteiger partial charge in [-0.2, -0.15) is 17.6 Å². The normalized spacial score (nSPS) is 12.7. The second kappa shape index (κ2) is 17.5. The monoisotopic (exact) mass is 740 g/mol. The molecule has 0 radical (unpaired) electrons. The molecule has 0 aromatic heterocycles. The summed E-state index contributed by atoms with van der Waals surface area (Å²) in [5.41, 5.74) is -4.35. The molecule has 2 rings (SSSR count). The molecule has 0 saturated carbocycles. The standard InChI is InChI=1S/2C13H18BrF2O3P/c2*1-3-18-20(17,19-4-2)13(15,16)9-11-5-7-12(10-14)8-6-11/h2*5-8H,3-4,9-10H2,1-2H3. The van der Waals surface area contributed by atoms with E-state index in [1.807, 2.05) is 0 Å². The Kier molecular flexibility index (Phi) is 16.4. The van der Waals surface area contributed by atoms with E-state index in [1.54, 1.807) is 48.5 Å². The molecule has 0 aliphatic heterocycles. The Labute approximate surface area is 250 Å². The average molecular weight is 742 g/mol. The summed E-state index contributed by atoms with van der Waals surface area (Å²) in [4.78, 5) is 0. The van der Waals surface area contributed by atoms with E-state index in [2.05, 4.69) is 31.9 Å². The van der Waals surface area contributed by atoms with Gasteiger partial charge >= 0.3 is 26.5 Å². The Bertz CT molecular complexity index is 998. The molecule has 0 N–H and O–H groups in total. The van der Waals surface area contributed by atoms with Crippen molar-refractivity contribution in [3.8, 4) is 0 Å². The van der Waals surface area contributed by atoms with Gasteiger partial charge in [0.05, 0.1) is 26.4 Å². The molecule has 40 heavy (non-hydrogen) atoms. The van der Waals surface area contributed by atoms with Gasteiger partial charge in [-0.1, -0.05) is 80.4 Å². The predicted molar refractivity (Wildman–Crippen MR) is 157 cm³/mol. The lowest BCUT2D eigenvalue weighted by atomic mass is 10.1. The van der Waals surface area contributed by atoms with E-state index in [0.717, 1.165) is 11.1 Å². The second-order valence-electron chi connectivity index (χ2n) is 8.25. The molecule has 0 aliphatic carbocycles. The Morgan fingerprint density at radius 2 is 0.775 bits per heavy atom. The molecule has 0 unspecified atom stereocenters. The fourth-order valence-electron chi connectivity index (χ4n) is 3.31. The van der Waals surface area contributed by atoms with Crippen LogP contribution in [0, 0.1) is 0 Å². The summed E-state index contributed by atoms with van der Waals surface area (Å²) in [6, 6.07) is 13.3. The number of alkyl halides is 6. The van der Waals surface area contributed by atoms with E-state index in [-0.39, 0.29) is 26.4 Å². The fraction of sp³-hybridized carbons (Fsp3) is 0.538. The third-order valence-corrected chi connectivity index (χ3v) is 10.8. The van der Waals surface area contributed by atoms with Gasteiger partial charge in [-0.3, -0.25) is 9.13 Å². The maximum atomic E-state index is 14.2. The number of halogens is 6. The molecule has 0 amide bonds. The molecule has 0 atom stereocenters. The van der Waals surface area contributed by atoms with Crippen LogP contribution in [0.5, 0.6) is 0 Å². The van der Waals surface area contributed by atoms with Crippen molar-refractivity contribution in [3.63, 3.8) is 0 Å². The molecule has 0 saturated heterocycles. The van der Waals surface area contributed by atoms with E-state index >= 15 is 0 Å². The van der Waals surface area contributed by atoms with Crippen molar-refractivity contribution >= 4 is 47.1 Å². The molecule has 0 heterocycles. The van der Waals surface area contributed by atoms with Gasteiger partial charge < -0.3 is 18.1 Å². The summed E-state index contributed by atoms with van der Waals surface area (Å²) in [5, 5.41) is 1.31. The van der Waals surface area contributed by atoms with Crippen LogP contribution >= 0.6 is 47.1 Å². The first kappa shape index (κ1) is 37.4. The number of rotatable bonds is 16. The van der Waals surface area contributed by atoms with Crippen LogP contribution in [0.25, 0.3) is 0 Å². The molecular weight excluding hydrogens is 706 g/mol. The van der Waals surface area contributed by atoms with Crippen molar-refractivity contribution in [2.24, 2.45) is 0 Å². The van der Waals surface area contributed by atoms with Crippen molar-refractivity contribution in [2.75, 3.05) is 26.4 Å². The fourth-order valence-corrected chi connectivity index (χ4v) is 7.07. The van der Waals surface area contributed by atoms with Gasteiger partial charge in [0.2, 0.25) is 0 Å². The highest BCUT2D eigenvalue weighted by atomic mass is 79.9.